The molecule has 0 bridgehead atoms. The van der Waals surface area contributed by atoms with Gasteiger partial charge in [0.05, 0.1) is 0 Å². The van der Waals surface area contributed by atoms with E-state index in [1.54, 1.807) is 6.33 Å². The van der Waals surface area contributed by atoms with Crippen LogP contribution in [0, 0.1) is 0 Å². The first-order valence-electron chi connectivity index (χ1n) is 5.74. The summed E-state index contributed by atoms with van der Waals surface area (Å²) in [7, 11) is 2.01. The van der Waals surface area contributed by atoms with Crippen molar-refractivity contribution in [2.45, 2.75) is 52.1 Å². The SMILES string of the molecule is CCCC(Cc1ncnn1C(C)C)NC. The van der Waals surface area contributed by atoms with E-state index in [1.807, 2.05) is 11.7 Å². The molecule has 0 fully saturated rings. The van der Waals surface area contributed by atoms with E-state index in [4.69, 9.17) is 0 Å². The molecule has 0 aliphatic carbocycles. The summed E-state index contributed by atoms with van der Waals surface area (Å²) in [4.78, 5) is 4.32. The molecule has 1 unspecified atom stereocenters. The molecule has 0 amide bonds. The van der Waals surface area contributed by atoms with Crippen LogP contribution in [0.3, 0.4) is 0 Å². The van der Waals surface area contributed by atoms with E-state index in [0.717, 1.165) is 12.2 Å². The normalized spacial score (nSPS) is 13.4. The highest BCUT2D eigenvalue weighted by Gasteiger charge is 2.12. The standard InChI is InChI=1S/C11H22N4/c1-5-6-10(12-4)7-11-13-8-14-15(11)9(2)3/h8-10,12H,5-7H2,1-4H3. The van der Waals surface area contributed by atoms with Crippen LogP contribution in [0.15, 0.2) is 6.33 Å². The van der Waals surface area contributed by atoms with Gasteiger partial charge in [0.25, 0.3) is 0 Å². The van der Waals surface area contributed by atoms with Gasteiger partial charge in [-0.05, 0) is 27.3 Å². The second-order valence-corrected chi connectivity index (χ2v) is 4.19. The Morgan fingerprint density at radius 3 is 2.73 bits per heavy atom. The molecule has 1 N–H and O–H groups in total. The van der Waals surface area contributed by atoms with Crippen LogP contribution in [0.4, 0.5) is 0 Å². The molecule has 15 heavy (non-hydrogen) atoms. The monoisotopic (exact) mass is 210 g/mol. The van der Waals surface area contributed by atoms with Gasteiger partial charge in [-0.2, -0.15) is 5.10 Å². The Morgan fingerprint density at radius 1 is 1.47 bits per heavy atom. The topological polar surface area (TPSA) is 42.7 Å². The van der Waals surface area contributed by atoms with Crippen molar-refractivity contribution in [1.82, 2.24) is 20.1 Å². The Morgan fingerprint density at radius 2 is 2.20 bits per heavy atom. The van der Waals surface area contributed by atoms with Gasteiger partial charge in [-0.15, -0.1) is 0 Å². The number of rotatable bonds is 6. The number of likely N-dealkylation sites (N-methyl/N-ethyl adjacent to an activating group) is 1. The molecular weight excluding hydrogens is 188 g/mol. The van der Waals surface area contributed by atoms with E-state index in [0.29, 0.717) is 12.1 Å². The third kappa shape index (κ3) is 3.30. The largest absolute Gasteiger partial charge is 0.317 e. The van der Waals surface area contributed by atoms with Gasteiger partial charge in [0, 0.05) is 18.5 Å². The van der Waals surface area contributed by atoms with E-state index < -0.39 is 0 Å². The van der Waals surface area contributed by atoms with Crippen LogP contribution in [0.2, 0.25) is 0 Å². The van der Waals surface area contributed by atoms with E-state index in [9.17, 15) is 0 Å². The molecule has 1 atom stereocenters. The summed E-state index contributed by atoms with van der Waals surface area (Å²) in [5.41, 5.74) is 0. The lowest BCUT2D eigenvalue weighted by Gasteiger charge is -2.16. The molecule has 1 aromatic rings. The fraction of sp³-hybridized carbons (Fsp3) is 0.818. The Hall–Kier alpha value is -0.900. The highest BCUT2D eigenvalue weighted by atomic mass is 15.3. The highest BCUT2D eigenvalue weighted by Crippen LogP contribution is 2.09. The van der Waals surface area contributed by atoms with Crippen molar-refractivity contribution in [1.29, 1.82) is 0 Å². The molecule has 0 saturated heterocycles. The van der Waals surface area contributed by atoms with Crippen LogP contribution in [-0.2, 0) is 6.42 Å². The zero-order chi connectivity index (χ0) is 11.3. The number of hydrogen-bond acceptors (Lipinski definition) is 3. The molecule has 0 aliphatic rings. The second kappa shape index (κ2) is 5.85. The molecule has 0 radical (unpaired) electrons. The predicted octanol–water partition coefficient (Wildman–Crippen LogP) is 1.79. The zero-order valence-electron chi connectivity index (χ0n) is 10.2. The summed E-state index contributed by atoms with van der Waals surface area (Å²) in [6, 6.07) is 0.901. The minimum atomic E-state index is 0.390. The first kappa shape index (κ1) is 12.2. The van der Waals surface area contributed by atoms with Crippen molar-refractivity contribution in [2.24, 2.45) is 0 Å². The lowest BCUT2D eigenvalue weighted by molar-refractivity contribution is 0.455. The molecule has 86 valence electrons. The summed E-state index contributed by atoms with van der Waals surface area (Å²) in [5, 5.41) is 7.57. The molecule has 1 aromatic heterocycles. The second-order valence-electron chi connectivity index (χ2n) is 4.19. The number of nitrogens with one attached hydrogen (secondary N) is 1. The van der Waals surface area contributed by atoms with Crippen molar-refractivity contribution < 1.29 is 0 Å². The summed E-state index contributed by atoms with van der Waals surface area (Å²) < 4.78 is 2.00. The molecule has 0 spiro atoms. The fourth-order valence-corrected chi connectivity index (χ4v) is 1.77. The van der Waals surface area contributed by atoms with Crippen molar-refractivity contribution in [3.63, 3.8) is 0 Å². The number of nitrogens with zero attached hydrogens (tertiary/aromatic N) is 3. The fourth-order valence-electron chi connectivity index (χ4n) is 1.77. The van der Waals surface area contributed by atoms with Crippen LogP contribution < -0.4 is 5.32 Å². The maximum absolute atomic E-state index is 4.32. The summed E-state index contributed by atoms with van der Waals surface area (Å²) in [5.74, 6) is 1.08. The van der Waals surface area contributed by atoms with Gasteiger partial charge in [-0.1, -0.05) is 13.3 Å². The predicted molar refractivity (Wildman–Crippen MR) is 61.9 cm³/mol. The first-order chi connectivity index (χ1) is 7.19. The first-order valence-corrected chi connectivity index (χ1v) is 5.74. The number of aromatic nitrogens is 3. The van der Waals surface area contributed by atoms with Gasteiger partial charge >= 0.3 is 0 Å². The van der Waals surface area contributed by atoms with Crippen LogP contribution in [0.5, 0.6) is 0 Å². The van der Waals surface area contributed by atoms with E-state index in [2.05, 4.69) is 36.2 Å². The van der Waals surface area contributed by atoms with Crippen LogP contribution >= 0.6 is 0 Å². The van der Waals surface area contributed by atoms with E-state index >= 15 is 0 Å². The quantitative estimate of drug-likeness (QED) is 0.778. The van der Waals surface area contributed by atoms with E-state index in [1.165, 1.54) is 12.8 Å². The lowest BCUT2D eigenvalue weighted by Crippen LogP contribution is -2.29. The van der Waals surface area contributed by atoms with Crippen LogP contribution in [0.25, 0.3) is 0 Å². The molecule has 0 aliphatic heterocycles. The van der Waals surface area contributed by atoms with E-state index in [-0.39, 0.29) is 0 Å². The van der Waals surface area contributed by atoms with Crippen molar-refractivity contribution >= 4 is 0 Å². The Balaban J connectivity index is 2.65. The Kier molecular flexibility index (Phi) is 4.75. The summed E-state index contributed by atoms with van der Waals surface area (Å²) >= 11 is 0. The minimum absolute atomic E-state index is 0.390. The zero-order valence-corrected chi connectivity index (χ0v) is 10.2. The lowest BCUT2D eigenvalue weighted by atomic mass is 10.1. The average molecular weight is 210 g/mol. The van der Waals surface area contributed by atoms with Crippen LogP contribution in [-0.4, -0.2) is 27.9 Å². The maximum atomic E-state index is 4.32. The average Bonchev–Trinajstić information content (AvgIpc) is 2.65. The third-order valence-electron chi connectivity index (χ3n) is 2.61. The maximum Gasteiger partial charge on any atom is 0.138 e. The molecule has 4 nitrogen and oxygen atoms in total. The molecular formula is C11H22N4. The van der Waals surface area contributed by atoms with Crippen LogP contribution in [0.1, 0.15) is 45.5 Å². The molecule has 1 rings (SSSR count). The van der Waals surface area contributed by atoms with Gasteiger partial charge in [-0.25, -0.2) is 9.67 Å². The third-order valence-corrected chi connectivity index (χ3v) is 2.61. The summed E-state index contributed by atoms with van der Waals surface area (Å²) in [6.45, 7) is 6.47. The molecule has 4 heteroatoms. The highest BCUT2D eigenvalue weighted by molar-refractivity contribution is 4.90. The molecule has 0 aromatic carbocycles. The number of hydrogen-bond donors (Lipinski definition) is 1. The van der Waals surface area contributed by atoms with Gasteiger partial charge < -0.3 is 5.32 Å². The molecule has 1 heterocycles. The van der Waals surface area contributed by atoms with Gasteiger partial charge in [-0.3, -0.25) is 0 Å². The van der Waals surface area contributed by atoms with Crippen molar-refractivity contribution in [3.8, 4) is 0 Å². The van der Waals surface area contributed by atoms with Gasteiger partial charge in [0.2, 0.25) is 0 Å². The smallest absolute Gasteiger partial charge is 0.138 e. The molecule has 0 saturated carbocycles. The van der Waals surface area contributed by atoms with Crippen molar-refractivity contribution in [3.05, 3.63) is 12.2 Å². The Labute approximate surface area is 92.1 Å². The van der Waals surface area contributed by atoms with Crippen molar-refractivity contribution in [2.75, 3.05) is 7.05 Å². The summed E-state index contributed by atoms with van der Waals surface area (Å²) in [6.07, 6.45) is 4.99. The Bertz CT molecular complexity index is 280. The van der Waals surface area contributed by atoms with Gasteiger partial charge in [0.1, 0.15) is 12.2 Å². The van der Waals surface area contributed by atoms with Gasteiger partial charge in [0.15, 0.2) is 0 Å². The minimum Gasteiger partial charge on any atom is -0.317 e.